The van der Waals surface area contributed by atoms with Crippen molar-refractivity contribution in [2.45, 2.75) is 0 Å². The molecule has 1 aromatic heterocycles. The third-order valence-electron chi connectivity index (χ3n) is 2.56. The number of nitrogens with zero attached hydrogens (tertiary/aromatic N) is 4. The summed E-state index contributed by atoms with van der Waals surface area (Å²) in [4.78, 5) is 25.2. The normalized spacial score (nSPS) is 10.1. The molecule has 0 saturated carbocycles. The van der Waals surface area contributed by atoms with Crippen LogP contribution >= 0.6 is 11.6 Å². The highest BCUT2D eigenvalue weighted by Crippen LogP contribution is 2.26. The van der Waals surface area contributed by atoms with Crippen molar-refractivity contribution in [1.82, 2.24) is 4.57 Å². The van der Waals surface area contributed by atoms with Gasteiger partial charge in [0.1, 0.15) is 0 Å². The number of ketones is 1. The van der Waals surface area contributed by atoms with Gasteiger partial charge in [-0.1, -0.05) is 17.2 Å². The number of Topliss-reactive ketones (excluding diaryl/α,β-unsaturated/α-hetero) is 1. The monoisotopic (exact) mass is 262 g/mol. The van der Waals surface area contributed by atoms with Crippen molar-refractivity contribution in [2.24, 2.45) is 12.2 Å². The van der Waals surface area contributed by atoms with Crippen molar-refractivity contribution >= 4 is 39.2 Å². The van der Waals surface area contributed by atoms with E-state index in [1.165, 1.54) is 6.20 Å². The molecule has 0 saturated heterocycles. The van der Waals surface area contributed by atoms with Gasteiger partial charge in [-0.05, 0) is 23.2 Å². The average molecular weight is 263 g/mol. The van der Waals surface area contributed by atoms with Gasteiger partial charge in [-0.25, -0.2) is 0 Å². The summed E-state index contributed by atoms with van der Waals surface area (Å²) in [5, 5.41) is 3.04. The van der Waals surface area contributed by atoms with Crippen molar-refractivity contribution in [1.29, 1.82) is 0 Å². The molecule has 1 aromatic carbocycles. The molecule has 2 rings (SSSR count). The van der Waals surface area contributed by atoms with E-state index in [9.17, 15) is 9.59 Å². The van der Waals surface area contributed by atoms with E-state index in [1.807, 2.05) is 0 Å². The third kappa shape index (κ3) is 1.95. The van der Waals surface area contributed by atoms with Crippen molar-refractivity contribution in [3.8, 4) is 0 Å². The minimum Gasteiger partial charge on any atom is -0.350 e. The topological polar surface area (TPSA) is 87.8 Å². The smallest absolute Gasteiger partial charge is 0.293 e. The van der Waals surface area contributed by atoms with Crippen LogP contribution < -0.4 is 0 Å². The van der Waals surface area contributed by atoms with E-state index in [0.717, 1.165) is 0 Å². The SMILES string of the molecule is Cn1cc(C(=O)C(=O)Cl)c2ccc(N=[N+]=[N-])cc21. The first-order chi connectivity index (χ1) is 8.54. The van der Waals surface area contributed by atoms with Crippen LogP contribution in [0, 0.1) is 0 Å². The standard InChI is InChI=1S/C11H7ClN4O2/c1-16-5-8(10(17)11(12)18)7-3-2-6(14-15-13)4-9(7)16/h2-5H,1H3. The number of aromatic nitrogens is 1. The highest BCUT2D eigenvalue weighted by molar-refractivity contribution is 6.83. The molecule has 0 amide bonds. The summed E-state index contributed by atoms with van der Waals surface area (Å²) in [5.41, 5.74) is 9.71. The minimum absolute atomic E-state index is 0.236. The Labute approximate surface area is 106 Å². The first kappa shape index (κ1) is 12.2. The molecule has 7 heteroatoms. The molecule has 0 aliphatic rings. The zero-order valence-corrected chi connectivity index (χ0v) is 10.0. The molecule has 90 valence electrons. The van der Waals surface area contributed by atoms with E-state index in [4.69, 9.17) is 17.1 Å². The number of hydrogen-bond acceptors (Lipinski definition) is 3. The number of hydrogen-bond donors (Lipinski definition) is 0. The van der Waals surface area contributed by atoms with Crippen molar-refractivity contribution in [2.75, 3.05) is 0 Å². The number of carbonyl (C=O) groups excluding carboxylic acids is 2. The molecule has 0 radical (unpaired) electrons. The van der Waals surface area contributed by atoms with Crippen LogP contribution in [0.1, 0.15) is 10.4 Å². The molecule has 0 spiro atoms. The van der Waals surface area contributed by atoms with Crippen LogP contribution in [-0.4, -0.2) is 15.6 Å². The van der Waals surface area contributed by atoms with Gasteiger partial charge < -0.3 is 4.57 Å². The van der Waals surface area contributed by atoms with Crippen LogP contribution in [0.5, 0.6) is 0 Å². The molecule has 0 unspecified atom stereocenters. The maximum atomic E-state index is 11.6. The van der Waals surface area contributed by atoms with Gasteiger partial charge in [0.15, 0.2) is 0 Å². The van der Waals surface area contributed by atoms with Gasteiger partial charge in [-0.2, -0.15) is 0 Å². The zero-order valence-electron chi connectivity index (χ0n) is 9.29. The van der Waals surface area contributed by atoms with Gasteiger partial charge in [0.25, 0.3) is 5.24 Å². The van der Waals surface area contributed by atoms with Crippen LogP contribution in [0.3, 0.4) is 0 Å². The van der Waals surface area contributed by atoms with E-state index in [2.05, 4.69) is 10.0 Å². The summed E-state index contributed by atoms with van der Waals surface area (Å²) in [7, 11) is 1.72. The number of rotatable bonds is 3. The largest absolute Gasteiger partial charge is 0.350 e. The van der Waals surface area contributed by atoms with E-state index in [0.29, 0.717) is 16.6 Å². The van der Waals surface area contributed by atoms with E-state index < -0.39 is 11.0 Å². The first-order valence-electron chi connectivity index (χ1n) is 4.93. The molecular weight excluding hydrogens is 256 g/mol. The zero-order chi connectivity index (χ0) is 13.3. The molecule has 18 heavy (non-hydrogen) atoms. The number of carbonyl (C=O) groups is 2. The molecular formula is C11H7ClN4O2. The Morgan fingerprint density at radius 2 is 2.17 bits per heavy atom. The van der Waals surface area contributed by atoms with Gasteiger partial charge in [-0.3, -0.25) is 9.59 Å². The average Bonchev–Trinajstić information content (AvgIpc) is 2.66. The highest BCUT2D eigenvalue weighted by atomic mass is 35.5. The maximum Gasteiger partial charge on any atom is 0.293 e. The third-order valence-corrected chi connectivity index (χ3v) is 2.73. The minimum atomic E-state index is -1.03. The number of fused-ring (bicyclic) bond motifs is 1. The Hall–Kier alpha value is -2.30. The molecule has 0 fully saturated rings. The summed E-state index contributed by atoms with van der Waals surface area (Å²) in [6, 6.07) is 4.81. The summed E-state index contributed by atoms with van der Waals surface area (Å²) < 4.78 is 1.67. The second-order valence-electron chi connectivity index (χ2n) is 3.65. The molecule has 1 heterocycles. The van der Waals surface area contributed by atoms with Gasteiger partial charge in [0.05, 0.1) is 5.56 Å². The Morgan fingerprint density at radius 3 is 2.78 bits per heavy atom. The first-order valence-corrected chi connectivity index (χ1v) is 5.30. The fourth-order valence-electron chi connectivity index (χ4n) is 1.77. The fraction of sp³-hybridized carbons (Fsp3) is 0.0909. The van der Waals surface area contributed by atoms with Crippen LogP contribution in [0.4, 0.5) is 5.69 Å². The van der Waals surface area contributed by atoms with Crippen molar-refractivity contribution in [3.05, 3.63) is 40.4 Å². The number of azide groups is 1. The van der Waals surface area contributed by atoms with E-state index >= 15 is 0 Å². The quantitative estimate of drug-likeness (QED) is 0.212. The van der Waals surface area contributed by atoms with Crippen molar-refractivity contribution in [3.63, 3.8) is 0 Å². The van der Waals surface area contributed by atoms with Crippen LogP contribution in [0.2, 0.25) is 0 Å². The summed E-state index contributed by atoms with van der Waals surface area (Å²) >= 11 is 5.19. The van der Waals surface area contributed by atoms with Crippen LogP contribution in [0.25, 0.3) is 21.3 Å². The summed E-state index contributed by atoms with van der Waals surface area (Å²) in [5.74, 6) is -0.751. The Balaban J connectivity index is 2.70. The van der Waals surface area contributed by atoms with Gasteiger partial charge >= 0.3 is 0 Å². The lowest BCUT2D eigenvalue weighted by Crippen LogP contribution is -2.06. The van der Waals surface area contributed by atoms with E-state index in [1.54, 1.807) is 29.8 Å². The molecule has 0 bridgehead atoms. The van der Waals surface area contributed by atoms with Gasteiger partial charge in [0, 0.05) is 34.7 Å². The number of halogens is 1. The molecule has 6 nitrogen and oxygen atoms in total. The predicted molar refractivity (Wildman–Crippen MR) is 66.9 cm³/mol. The van der Waals surface area contributed by atoms with Gasteiger partial charge in [0.2, 0.25) is 5.78 Å². The number of aryl methyl sites for hydroxylation is 1. The lowest BCUT2D eigenvalue weighted by atomic mass is 10.1. The molecule has 0 aliphatic carbocycles. The van der Waals surface area contributed by atoms with Gasteiger partial charge in [-0.15, -0.1) is 0 Å². The predicted octanol–water partition coefficient (Wildman–Crippen LogP) is 3.07. The van der Waals surface area contributed by atoms with E-state index in [-0.39, 0.29) is 5.56 Å². The number of benzene rings is 1. The fourth-order valence-corrected chi connectivity index (χ4v) is 1.87. The van der Waals surface area contributed by atoms with Crippen molar-refractivity contribution < 1.29 is 9.59 Å². The molecule has 2 aromatic rings. The highest BCUT2D eigenvalue weighted by Gasteiger charge is 2.19. The Bertz CT molecular complexity index is 713. The maximum absolute atomic E-state index is 11.6. The lowest BCUT2D eigenvalue weighted by Gasteiger charge is -1.97. The molecule has 0 N–H and O–H groups in total. The summed E-state index contributed by atoms with van der Waals surface area (Å²) in [6.07, 6.45) is 1.52. The second kappa shape index (κ2) is 4.52. The molecule has 0 aliphatic heterocycles. The lowest BCUT2D eigenvalue weighted by molar-refractivity contribution is -0.108. The summed E-state index contributed by atoms with van der Waals surface area (Å²) in [6.45, 7) is 0. The Morgan fingerprint density at radius 1 is 1.44 bits per heavy atom. The van der Waals surface area contributed by atoms with Crippen LogP contribution in [-0.2, 0) is 11.8 Å². The second-order valence-corrected chi connectivity index (χ2v) is 3.99. The molecule has 0 atom stereocenters. The van der Waals surface area contributed by atoms with Crippen LogP contribution in [0.15, 0.2) is 29.5 Å². The Kier molecular flexibility index (Phi) is 3.06.